The number of hydrogen-bond acceptors (Lipinski definition) is 22. The Morgan fingerprint density at radius 1 is 0.585 bits per heavy atom. The van der Waals surface area contributed by atoms with E-state index in [1.165, 1.54) is 103 Å². The van der Waals surface area contributed by atoms with E-state index in [0.29, 0.717) is 45.3 Å². The second-order valence-electron chi connectivity index (χ2n) is 35.2. The summed E-state index contributed by atoms with van der Waals surface area (Å²) in [5.74, 6) is -0.453. The number of carbonyl (C=O) groups excluding carboxylic acids is 3. The largest absolute Gasteiger partial charge is 0.495 e. The van der Waals surface area contributed by atoms with E-state index in [4.69, 9.17) is 46.1 Å². The van der Waals surface area contributed by atoms with Crippen molar-refractivity contribution < 1.29 is 74.7 Å². The molecule has 0 radical (unpaired) electrons. The van der Waals surface area contributed by atoms with Crippen molar-refractivity contribution in [2.45, 2.75) is 73.4 Å². The number of likely N-dealkylation sites (N-methyl/N-ethyl adjacent to an activating group) is 1. The number of rotatable bonds is 32. The lowest BCUT2D eigenvalue weighted by Crippen LogP contribution is -2.47. The van der Waals surface area contributed by atoms with Crippen LogP contribution in [0.1, 0.15) is 101 Å². The number of anilines is 2. The quantitative estimate of drug-likeness (QED) is 0.0225. The molecule has 9 heterocycles. The van der Waals surface area contributed by atoms with E-state index in [2.05, 4.69) is 254 Å². The molecule has 26 nitrogen and oxygen atoms in total. The van der Waals surface area contributed by atoms with Gasteiger partial charge in [0.25, 0.3) is 5.91 Å². The van der Waals surface area contributed by atoms with Gasteiger partial charge in [0.2, 0.25) is 6.86 Å². The van der Waals surface area contributed by atoms with Gasteiger partial charge >= 0.3 is 17.9 Å². The molecule has 9 aromatic carbocycles. The number of aryl methyl sites for hydroxylation is 1. The number of nitrogens with zero attached hydrogens (tertiary/aromatic N) is 14. The zero-order valence-electron chi connectivity index (χ0n) is 84.6. The van der Waals surface area contributed by atoms with Gasteiger partial charge in [-0.1, -0.05) is 145 Å². The highest BCUT2D eigenvalue weighted by molar-refractivity contribution is 7.98. The molecule has 147 heavy (non-hydrogen) atoms. The average molecular weight is 2060 g/mol. The van der Waals surface area contributed by atoms with Crippen LogP contribution in [0, 0.1) is 5.82 Å². The fourth-order valence-corrected chi connectivity index (χ4v) is 17.8. The smallest absolute Gasteiger partial charge is 0.361 e. The van der Waals surface area contributed by atoms with Gasteiger partial charge in [-0.3, -0.25) is 14.2 Å². The number of ether oxygens (including phenoxy) is 6. The number of halogens is 6. The number of carbonyl (C=O) groups is 4. The van der Waals surface area contributed by atoms with E-state index in [1.807, 2.05) is 77.6 Å². The number of fused-ring (bicyclic) bond motifs is 6. The minimum atomic E-state index is -1.26. The van der Waals surface area contributed by atoms with Crippen LogP contribution in [0.25, 0.3) is 39.5 Å². The molecule has 34 heteroatoms. The van der Waals surface area contributed by atoms with E-state index >= 15 is 0 Å². The Labute approximate surface area is 869 Å². The number of thioether (sulfide) groups is 2. The van der Waals surface area contributed by atoms with Gasteiger partial charge in [0.15, 0.2) is 17.2 Å². The molecule has 0 aliphatic carbocycles. The second-order valence-corrected chi connectivity index (χ2v) is 37.4. The number of pyridine rings is 2. The number of nitrogens with two attached hydrogens (primary N) is 1. The lowest BCUT2D eigenvalue weighted by Gasteiger charge is -2.34. The highest BCUT2D eigenvalue weighted by atomic mass is 35.5. The predicted octanol–water partition coefficient (Wildman–Crippen LogP) is 20.7. The molecule has 1 amide bonds. The van der Waals surface area contributed by atoms with Crippen molar-refractivity contribution in [3.63, 3.8) is 0 Å². The fourth-order valence-electron chi connectivity index (χ4n) is 16.7. The van der Waals surface area contributed by atoms with Gasteiger partial charge in [-0.25, -0.2) is 51.5 Å². The van der Waals surface area contributed by atoms with Crippen molar-refractivity contribution in [1.29, 1.82) is 0 Å². The molecule has 0 saturated carbocycles. The third-order valence-electron chi connectivity index (χ3n) is 24.8. The maximum absolute atomic E-state index is 13.4. The van der Waals surface area contributed by atoms with Crippen LogP contribution in [-0.2, 0) is 46.5 Å². The van der Waals surface area contributed by atoms with Crippen molar-refractivity contribution in [2.24, 2.45) is 5.73 Å². The number of esters is 2. The Morgan fingerprint density at radius 3 is 1.72 bits per heavy atom. The standard InChI is InChI=1S/C24H33FN2O2.C18H20ClNO.2C16H17N3S.C14H11F2N3O3.C14H15FN2O2.C11H14FNO3/c1-28-24-20-22(9-10-23(24)29-19-12-25)11-14-27-17-15-26(16-18-27)13-5-8-21-6-3-2-4-7-21;1-20-9-8-14-10-17(19)18(21-2)11-15(14)16(12-20)13-6-4-3-5-7-13;2*1-18(2)13-6-4-12(5-7-13)15-11-19-10-14(20-3)8-9-16(19)17-15;1-18-5-11-12(14(21)22-6-15)17-7-19(11)10-3-2-8(16)4-9(10)13(18)20;1-11(12-5-3-2-4-6-12)17-10-16-9-13(17)14(18)19-8-7-15;12-5-6-16-9-3-1-8(2-4-9)7-10(13)11(14)15/h2-4,6-7,9-10,20H,5,8,11-19H2,1H3;3-7,10-11,16H,8-9,12H2,1-2H3;2*4-11H,1-3H3;2-4,7H,5-6H2,1H3;2-6,9-11H,7-8H2,1H3;1-4,10H,5-7,13H2,(H,14,15)/t;;;;;11-;10-/m.....00/s1/i25-1;2-1;3-1;1-1;2*15-1;12-1. The van der Waals surface area contributed by atoms with Crippen LogP contribution in [0.3, 0.4) is 0 Å². The van der Waals surface area contributed by atoms with Gasteiger partial charge in [-0.15, -0.1) is 23.5 Å². The summed E-state index contributed by atoms with van der Waals surface area (Å²) in [5.41, 5.74) is 23.8. The molecular formula is C113H127ClF5N15O11S2. The number of imidazole rings is 4. The first-order valence-electron chi connectivity index (χ1n) is 48.2. The molecule has 3 aliphatic heterocycles. The highest BCUT2D eigenvalue weighted by Crippen LogP contribution is 2.39. The summed E-state index contributed by atoms with van der Waals surface area (Å²) in [7, 11) is 15.2. The van der Waals surface area contributed by atoms with E-state index in [-0.39, 0.29) is 56.0 Å². The molecule has 3 N–H and O–H groups in total. The number of amides is 1. The van der Waals surface area contributed by atoms with Crippen LogP contribution in [0.4, 0.5) is 33.3 Å². The molecule has 3 aliphatic rings. The van der Waals surface area contributed by atoms with Crippen LogP contribution in [0.2, 0.25) is 5.02 Å². The molecule has 774 valence electrons. The van der Waals surface area contributed by atoms with Gasteiger partial charge < -0.3 is 82.0 Å². The van der Waals surface area contributed by atoms with Gasteiger partial charge in [-0.2, -0.15) is 0 Å². The summed E-state index contributed by atoms with van der Waals surface area (Å²) < 4.78 is 99.5. The first-order chi connectivity index (χ1) is 71.2. The van der Waals surface area contributed by atoms with Crippen LogP contribution in [0.15, 0.2) is 290 Å². The minimum absolute atomic E-state index is 0.0218. The lowest BCUT2D eigenvalue weighted by atomic mass is 9.88. The number of carboxylic acids is 1. The monoisotopic (exact) mass is 2060 g/mol. The third kappa shape index (κ3) is 32.0. The molecule has 18 rings (SSSR count). The number of alkyl halides is 4. The number of methoxy groups -OCH3 is 2. The normalized spacial score (nSPS) is 13.6. The first-order valence-corrected chi connectivity index (χ1v) is 51.0. The summed E-state index contributed by atoms with van der Waals surface area (Å²) >= 11 is 9.79. The van der Waals surface area contributed by atoms with E-state index in [9.17, 15) is 41.1 Å². The first kappa shape index (κ1) is 112. The van der Waals surface area contributed by atoms with E-state index < -0.39 is 56.7 Å². The average Bonchev–Trinajstić information content (AvgIpc) is 1.62. The van der Waals surface area contributed by atoms with E-state index in [0.717, 1.165) is 122 Å². The molecule has 3 atom stereocenters. The molecule has 15 aromatic rings. The minimum Gasteiger partial charge on any atom is -0.495 e. The van der Waals surface area contributed by atoms with Crippen molar-refractivity contribution in [3.8, 4) is 51.2 Å². The predicted molar refractivity (Wildman–Crippen MR) is 573 cm³/mol. The number of piperazine rings is 1. The maximum atomic E-state index is 13.4. The summed E-state index contributed by atoms with van der Waals surface area (Å²) in [6, 6.07) is 76.2. The number of benzene rings is 9. The van der Waals surface area contributed by atoms with E-state index in [1.54, 1.807) is 72.9 Å². The number of carboxylic acid groups (broad SMARTS) is 1. The Balaban J connectivity index is 0.000000153. The topological polar surface area (TPSA) is 260 Å². The Morgan fingerprint density at radius 2 is 1.16 bits per heavy atom. The van der Waals surface area contributed by atoms with Crippen molar-refractivity contribution in [2.75, 3.05) is 178 Å². The zero-order chi connectivity index (χ0) is 105. The highest BCUT2D eigenvalue weighted by Gasteiger charge is 2.31. The van der Waals surface area contributed by atoms with Gasteiger partial charge in [0.05, 0.1) is 72.7 Å². The van der Waals surface area contributed by atoms with Crippen LogP contribution >= 0.6 is 35.1 Å². The second kappa shape index (κ2) is 56.6. The van der Waals surface area contributed by atoms with Crippen molar-refractivity contribution >= 4 is 81.6 Å². The maximum Gasteiger partial charge on any atom is 0.361 e. The fraction of sp³-hybridized carbons (Fsp3) is 0.310. The Bertz CT molecular complexity index is 6560. The van der Waals surface area contributed by atoms with Crippen molar-refractivity contribution in [1.82, 2.24) is 57.5 Å². The lowest BCUT2D eigenvalue weighted by molar-refractivity contribution is -0.138. The summed E-state index contributed by atoms with van der Waals surface area (Å²) in [6.07, 6.45) is 21.5. The number of aromatic nitrogens is 8. The molecule has 1 unspecified atom stereocenters. The number of hydrogen-bond donors (Lipinski definition) is 2. The molecular weight excluding hydrogens is 1930 g/mol. The number of aliphatic carboxylic acids is 1. The molecule has 0 bridgehead atoms. The van der Waals surface area contributed by atoms with Crippen LogP contribution in [-0.4, -0.2) is 261 Å². The molecule has 1 fully saturated rings. The molecule has 0 spiro atoms. The van der Waals surface area contributed by atoms with Gasteiger partial charge in [-0.05, 0) is 207 Å². The molecule has 6 aromatic heterocycles. The Hall–Kier alpha value is -14.1. The van der Waals surface area contributed by atoms with Gasteiger partial charge in [0.1, 0.15) is 86.5 Å². The van der Waals surface area contributed by atoms with Crippen LogP contribution < -0.4 is 34.5 Å². The molecule has 1 saturated heterocycles. The zero-order valence-corrected chi connectivity index (χ0v) is 87.0. The van der Waals surface area contributed by atoms with Crippen LogP contribution in [0.5, 0.6) is 23.0 Å². The van der Waals surface area contributed by atoms with Crippen molar-refractivity contribution in [3.05, 3.63) is 353 Å². The third-order valence-corrected chi connectivity index (χ3v) is 26.5. The summed E-state index contributed by atoms with van der Waals surface area (Å²) in [5, 5.41) is 9.32. The van der Waals surface area contributed by atoms with Gasteiger partial charge in [0, 0.05) is 144 Å². The Kier molecular flexibility index (Phi) is 43.0. The summed E-state index contributed by atoms with van der Waals surface area (Å²) in [6.45, 7) is 7.73. The summed E-state index contributed by atoms with van der Waals surface area (Å²) in [4.78, 5) is 79.1. The SMILES string of the molecule is CN(C)c1ccc(-c2cn3cc(S[11CH3])ccc3n2)cc1.CN1CCc2cc(Cl)c(O[11CH3])cc2C(c2ccccc2)C1.CN1Cc2c(C(=O)OC[18F])ncn2-c2ccc(F)cc2C1=O.COc1cc(CCN2CCN(CCCc3ccccc3)CC2)ccc1OCC[18F].CSc1ccc2nc(-c3ccc(N(C)[11CH3])cc3)cn2c1.C[C@@H](c1ccccc1)n1cncc1C(=O)OCC[18F].N[C@@H](Cc1ccc(OCC[18F])cc1)C(=O)O.